The van der Waals surface area contributed by atoms with Crippen molar-refractivity contribution in [3.63, 3.8) is 0 Å². The van der Waals surface area contributed by atoms with Crippen LogP contribution in [0.2, 0.25) is 0 Å². The van der Waals surface area contributed by atoms with Crippen LogP contribution in [-0.2, 0) is 20.7 Å². The molecule has 1 heterocycles. The third kappa shape index (κ3) is 4.31. The van der Waals surface area contributed by atoms with Gasteiger partial charge in [0.2, 0.25) is 0 Å². The zero-order valence-corrected chi connectivity index (χ0v) is 11.1. The lowest BCUT2D eigenvalue weighted by atomic mass is 10.0. The second kappa shape index (κ2) is 6.66. The first-order chi connectivity index (χ1) is 9.15. The minimum Gasteiger partial charge on any atom is -0.465 e. The first-order valence-electron chi connectivity index (χ1n) is 6.64. The van der Waals surface area contributed by atoms with E-state index in [1.807, 2.05) is 6.07 Å². The number of benzene rings is 1. The van der Waals surface area contributed by atoms with Crippen LogP contribution in [0.5, 0.6) is 0 Å². The molecule has 104 valence electrons. The molecule has 1 aromatic rings. The van der Waals surface area contributed by atoms with Gasteiger partial charge in [0, 0.05) is 12.5 Å². The summed E-state index contributed by atoms with van der Waals surface area (Å²) >= 11 is 0. The van der Waals surface area contributed by atoms with Crippen LogP contribution in [0.25, 0.3) is 0 Å². The normalized spacial score (nSPS) is 20.2. The highest BCUT2D eigenvalue weighted by molar-refractivity contribution is 5.72. The van der Waals surface area contributed by atoms with Gasteiger partial charge in [-0.2, -0.15) is 0 Å². The maximum absolute atomic E-state index is 13.0. The van der Waals surface area contributed by atoms with Gasteiger partial charge in [0.1, 0.15) is 5.82 Å². The van der Waals surface area contributed by atoms with Gasteiger partial charge in [-0.05, 0) is 30.5 Å². The smallest absolute Gasteiger partial charge is 0.308 e. The number of hydrogen-bond donors (Lipinski definition) is 0. The molecule has 1 aromatic carbocycles. The summed E-state index contributed by atoms with van der Waals surface area (Å²) < 4.78 is 23.5. The zero-order chi connectivity index (χ0) is 13.7. The number of carbonyl (C=O) groups excluding carboxylic acids is 1. The molecule has 2 rings (SSSR count). The van der Waals surface area contributed by atoms with Crippen LogP contribution in [0.3, 0.4) is 0 Å². The molecule has 4 heteroatoms. The Morgan fingerprint density at radius 1 is 1.58 bits per heavy atom. The molecule has 3 nitrogen and oxygen atoms in total. The minimum absolute atomic E-state index is 0.226. The van der Waals surface area contributed by atoms with E-state index in [4.69, 9.17) is 9.47 Å². The van der Waals surface area contributed by atoms with Gasteiger partial charge < -0.3 is 9.47 Å². The Bertz CT molecular complexity index is 427. The van der Waals surface area contributed by atoms with Gasteiger partial charge in [0.25, 0.3) is 0 Å². The lowest BCUT2D eigenvalue weighted by molar-refractivity contribution is -0.149. The fourth-order valence-electron chi connectivity index (χ4n) is 2.16. The number of halogens is 1. The van der Waals surface area contributed by atoms with Gasteiger partial charge in [-0.15, -0.1) is 0 Å². The predicted molar refractivity (Wildman–Crippen MR) is 69.2 cm³/mol. The van der Waals surface area contributed by atoms with Crippen molar-refractivity contribution in [1.82, 2.24) is 0 Å². The fraction of sp³-hybridized carbons (Fsp3) is 0.533. The van der Waals surface area contributed by atoms with Crippen molar-refractivity contribution in [1.29, 1.82) is 0 Å². The van der Waals surface area contributed by atoms with Gasteiger partial charge in [0.05, 0.1) is 19.1 Å². The molecule has 0 spiro atoms. The molecule has 0 aromatic heterocycles. The topological polar surface area (TPSA) is 35.5 Å². The van der Waals surface area contributed by atoms with Crippen molar-refractivity contribution >= 4 is 5.97 Å². The van der Waals surface area contributed by atoms with Gasteiger partial charge in [-0.25, -0.2) is 4.39 Å². The van der Waals surface area contributed by atoms with Crippen LogP contribution in [0.1, 0.15) is 18.9 Å². The molecule has 0 radical (unpaired) electrons. The Morgan fingerprint density at radius 3 is 3.11 bits per heavy atom. The summed E-state index contributed by atoms with van der Waals surface area (Å²) in [5.74, 6) is -0.438. The largest absolute Gasteiger partial charge is 0.465 e. The molecule has 0 aliphatic carbocycles. The van der Waals surface area contributed by atoms with Crippen LogP contribution in [-0.4, -0.2) is 25.8 Å². The monoisotopic (exact) mass is 266 g/mol. The maximum Gasteiger partial charge on any atom is 0.308 e. The van der Waals surface area contributed by atoms with Crippen molar-refractivity contribution in [2.24, 2.45) is 11.8 Å². The Hall–Kier alpha value is -1.42. The van der Waals surface area contributed by atoms with Crippen LogP contribution in [0.15, 0.2) is 24.3 Å². The number of hydrogen-bond acceptors (Lipinski definition) is 3. The molecule has 0 amide bonds. The standard InChI is InChI=1S/C15H19FO3/c1-11(7-12-3-2-4-14(16)8-12)15(17)19-10-13-5-6-18-9-13/h2-4,8,11,13H,5-7,9-10H2,1H3. The summed E-state index contributed by atoms with van der Waals surface area (Å²) in [5, 5.41) is 0. The van der Waals surface area contributed by atoms with E-state index in [2.05, 4.69) is 0 Å². The van der Waals surface area contributed by atoms with E-state index < -0.39 is 0 Å². The number of carbonyl (C=O) groups is 1. The van der Waals surface area contributed by atoms with Crippen molar-refractivity contribution in [3.05, 3.63) is 35.6 Å². The molecular formula is C15H19FO3. The third-order valence-corrected chi connectivity index (χ3v) is 3.32. The average molecular weight is 266 g/mol. The molecule has 2 unspecified atom stereocenters. The Kier molecular flexibility index (Phi) is 4.91. The summed E-state index contributed by atoms with van der Waals surface area (Å²) in [4.78, 5) is 11.8. The SMILES string of the molecule is CC(Cc1cccc(F)c1)C(=O)OCC1CCOC1. The van der Waals surface area contributed by atoms with Gasteiger partial charge in [0.15, 0.2) is 0 Å². The highest BCUT2D eigenvalue weighted by Gasteiger charge is 2.20. The molecule has 2 atom stereocenters. The van der Waals surface area contributed by atoms with Crippen molar-refractivity contribution in [2.75, 3.05) is 19.8 Å². The number of ether oxygens (including phenoxy) is 2. The second-order valence-corrected chi connectivity index (χ2v) is 5.09. The van der Waals surface area contributed by atoms with E-state index in [-0.39, 0.29) is 17.7 Å². The van der Waals surface area contributed by atoms with E-state index >= 15 is 0 Å². The lowest BCUT2D eigenvalue weighted by Crippen LogP contribution is -2.21. The van der Waals surface area contributed by atoms with Crippen LogP contribution >= 0.6 is 0 Å². The summed E-state index contributed by atoms with van der Waals surface area (Å²) in [6.45, 7) is 3.65. The zero-order valence-electron chi connectivity index (χ0n) is 11.1. The van der Waals surface area contributed by atoms with Crippen LogP contribution < -0.4 is 0 Å². The third-order valence-electron chi connectivity index (χ3n) is 3.32. The quantitative estimate of drug-likeness (QED) is 0.768. The lowest BCUT2D eigenvalue weighted by Gasteiger charge is -2.13. The molecular weight excluding hydrogens is 247 g/mol. The van der Waals surface area contributed by atoms with Gasteiger partial charge >= 0.3 is 5.97 Å². The van der Waals surface area contributed by atoms with Crippen molar-refractivity contribution < 1.29 is 18.7 Å². The highest BCUT2D eigenvalue weighted by atomic mass is 19.1. The first-order valence-corrected chi connectivity index (χ1v) is 6.64. The molecule has 1 aliphatic heterocycles. The number of esters is 1. The summed E-state index contributed by atoms with van der Waals surface area (Å²) in [6, 6.07) is 6.32. The van der Waals surface area contributed by atoms with E-state index in [1.165, 1.54) is 12.1 Å². The van der Waals surface area contributed by atoms with E-state index in [0.717, 1.165) is 18.6 Å². The van der Waals surface area contributed by atoms with E-state index in [1.54, 1.807) is 13.0 Å². The molecule has 1 aliphatic rings. The summed E-state index contributed by atoms with van der Waals surface area (Å²) in [7, 11) is 0. The van der Waals surface area contributed by atoms with Gasteiger partial charge in [-0.1, -0.05) is 19.1 Å². The van der Waals surface area contributed by atoms with Crippen LogP contribution in [0, 0.1) is 17.7 Å². The molecule has 0 bridgehead atoms. The van der Waals surface area contributed by atoms with Gasteiger partial charge in [-0.3, -0.25) is 4.79 Å². The summed E-state index contributed by atoms with van der Waals surface area (Å²) in [5.41, 5.74) is 0.814. The number of rotatable bonds is 5. The Morgan fingerprint density at radius 2 is 2.42 bits per heavy atom. The summed E-state index contributed by atoms with van der Waals surface area (Å²) in [6.07, 6.45) is 1.45. The first kappa shape index (κ1) is 14.0. The van der Waals surface area contributed by atoms with E-state index in [0.29, 0.717) is 25.6 Å². The average Bonchev–Trinajstić information content (AvgIpc) is 2.89. The van der Waals surface area contributed by atoms with Crippen molar-refractivity contribution in [3.8, 4) is 0 Å². The Labute approximate surface area is 112 Å². The second-order valence-electron chi connectivity index (χ2n) is 5.09. The van der Waals surface area contributed by atoms with E-state index in [9.17, 15) is 9.18 Å². The van der Waals surface area contributed by atoms with Crippen LogP contribution in [0.4, 0.5) is 4.39 Å². The predicted octanol–water partition coefficient (Wildman–Crippen LogP) is 2.58. The molecule has 1 saturated heterocycles. The molecule has 0 saturated carbocycles. The Balaban J connectivity index is 1.78. The van der Waals surface area contributed by atoms with Crippen molar-refractivity contribution in [2.45, 2.75) is 19.8 Å². The molecule has 0 N–H and O–H groups in total. The minimum atomic E-state index is -0.277. The maximum atomic E-state index is 13.0. The molecule has 1 fully saturated rings. The molecule has 19 heavy (non-hydrogen) atoms. The fourth-order valence-corrected chi connectivity index (χ4v) is 2.16. The highest BCUT2D eigenvalue weighted by Crippen LogP contribution is 2.15.